The summed E-state index contributed by atoms with van der Waals surface area (Å²) in [4.78, 5) is 10.2. The van der Waals surface area contributed by atoms with Crippen molar-refractivity contribution in [3.8, 4) is 0 Å². The lowest BCUT2D eigenvalue weighted by Crippen LogP contribution is -2.33. The first kappa shape index (κ1) is 27.3. The first-order chi connectivity index (χ1) is 23.3. The minimum atomic E-state index is -0.267. The predicted octanol–water partition coefficient (Wildman–Crippen LogP) is 9.92. The van der Waals surface area contributed by atoms with E-state index in [0.717, 1.165) is 44.5 Å². The molecule has 0 saturated heterocycles. The van der Waals surface area contributed by atoms with Gasteiger partial charge in [0.05, 0.1) is 0 Å². The Kier molecular flexibility index (Phi) is 6.64. The van der Waals surface area contributed by atoms with Gasteiger partial charge in [-0.05, 0) is 46.0 Å². The first-order valence-corrected chi connectivity index (χ1v) is 16.1. The molecule has 0 bridgehead atoms. The average Bonchev–Trinajstić information content (AvgIpc) is 3.53. The molecule has 1 aromatic heterocycles. The van der Waals surface area contributed by atoms with Gasteiger partial charge in [-0.3, -0.25) is 0 Å². The van der Waals surface area contributed by atoms with Crippen LogP contribution in [0.2, 0.25) is 0 Å². The molecule has 1 aliphatic heterocycles. The Morgan fingerprint density at radius 2 is 1.23 bits per heavy atom. The standard InChI is InChI=1S/C43H31N3O/c1-4-13-28(14-5-1)32-25-26-33(35-20-11-10-19-34(32)35)31-23-24-36-39(27-31)47-38-22-12-21-37(40(36)38)43-45-41(29-15-6-2-7-16-29)44-42(46-43)30-17-8-3-9-18-30/h1-27,34-35,41H,(H,44,45,46). The molecule has 0 spiro atoms. The number of nitrogens with one attached hydrogen (secondary N) is 1. The molecule has 6 aromatic rings. The molecule has 0 saturated carbocycles. The monoisotopic (exact) mass is 605 g/mol. The van der Waals surface area contributed by atoms with E-state index < -0.39 is 0 Å². The molecule has 5 aromatic carbocycles. The highest BCUT2D eigenvalue weighted by molar-refractivity contribution is 6.22. The smallest absolute Gasteiger partial charge is 0.160 e. The van der Waals surface area contributed by atoms with Gasteiger partial charge in [0.2, 0.25) is 0 Å². The Hall–Kier alpha value is -6.00. The number of fused-ring (bicyclic) bond motifs is 4. The van der Waals surface area contributed by atoms with Crippen molar-refractivity contribution >= 4 is 44.8 Å². The third-order valence-corrected chi connectivity index (χ3v) is 9.38. The molecular weight excluding hydrogens is 574 g/mol. The van der Waals surface area contributed by atoms with E-state index in [0.29, 0.717) is 5.84 Å². The van der Waals surface area contributed by atoms with Gasteiger partial charge in [0.25, 0.3) is 0 Å². The fourth-order valence-electron chi connectivity index (χ4n) is 7.12. The molecule has 0 fully saturated rings. The van der Waals surface area contributed by atoms with Crippen molar-refractivity contribution in [1.29, 1.82) is 0 Å². The molecule has 9 rings (SSSR count). The maximum absolute atomic E-state index is 6.57. The molecule has 224 valence electrons. The summed E-state index contributed by atoms with van der Waals surface area (Å²) in [6.45, 7) is 0. The minimum Gasteiger partial charge on any atom is -0.456 e. The second-order valence-corrected chi connectivity index (χ2v) is 12.2. The topological polar surface area (TPSA) is 49.9 Å². The minimum absolute atomic E-state index is 0.252. The zero-order valence-electron chi connectivity index (χ0n) is 25.6. The van der Waals surface area contributed by atoms with Crippen LogP contribution in [0.25, 0.3) is 33.1 Å². The van der Waals surface area contributed by atoms with Crippen molar-refractivity contribution < 1.29 is 4.42 Å². The molecule has 0 amide bonds. The summed E-state index contributed by atoms with van der Waals surface area (Å²) >= 11 is 0. The lowest BCUT2D eigenvalue weighted by molar-refractivity contribution is 0.667. The van der Waals surface area contributed by atoms with Crippen molar-refractivity contribution in [2.75, 3.05) is 0 Å². The van der Waals surface area contributed by atoms with E-state index in [1.165, 1.54) is 22.3 Å². The quantitative estimate of drug-likeness (QED) is 0.213. The van der Waals surface area contributed by atoms with Gasteiger partial charge in [-0.15, -0.1) is 0 Å². The fourth-order valence-corrected chi connectivity index (χ4v) is 7.12. The zero-order valence-corrected chi connectivity index (χ0v) is 25.6. The first-order valence-electron chi connectivity index (χ1n) is 16.1. The van der Waals surface area contributed by atoms with Crippen molar-refractivity contribution in [2.24, 2.45) is 21.8 Å². The van der Waals surface area contributed by atoms with Crippen LogP contribution in [-0.4, -0.2) is 11.7 Å². The Labute approximate surface area is 273 Å². The van der Waals surface area contributed by atoms with E-state index in [4.69, 9.17) is 14.4 Å². The van der Waals surface area contributed by atoms with Gasteiger partial charge in [0.1, 0.15) is 23.2 Å². The largest absolute Gasteiger partial charge is 0.456 e. The van der Waals surface area contributed by atoms with Gasteiger partial charge < -0.3 is 9.73 Å². The highest BCUT2D eigenvalue weighted by atomic mass is 16.3. The number of amidine groups is 2. The highest BCUT2D eigenvalue weighted by Gasteiger charge is 2.30. The maximum atomic E-state index is 6.57. The Morgan fingerprint density at radius 1 is 0.574 bits per heavy atom. The molecular formula is C43H31N3O. The number of hydrogen-bond donors (Lipinski definition) is 1. The lowest BCUT2D eigenvalue weighted by Gasteiger charge is -2.32. The molecule has 3 unspecified atom stereocenters. The normalized spacial score (nSPS) is 20.2. The van der Waals surface area contributed by atoms with Gasteiger partial charge in [-0.2, -0.15) is 0 Å². The van der Waals surface area contributed by atoms with Gasteiger partial charge in [0, 0.05) is 33.7 Å². The molecule has 2 heterocycles. The SMILES string of the molecule is C1=CC2C(c3ccccc3)=CC=C(c3ccc4c(c3)oc3cccc(C5=NC(c6ccccc6)NC(c6ccccc6)=N5)c34)C2C=C1. The van der Waals surface area contributed by atoms with Gasteiger partial charge >= 0.3 is 0 Å². The number of nitrogens with zero attached hydrogens (tertiary/aromatic N) is 2. The summed E-state index contributed by atoms with van der Waals surface area (Å²) in [5.41, 5.74) is 9.82. The zero-order chi connectivity index (χ0) is 31.2. The molecule has 1 N–H and O–H groups in total. The molecule has 2 aliphatic carbocycles. The second kappa shape index (κ2) is 11.4. The van der Waals surface area contributed by atoms with Crippen LogP contribution in [0.1, 0.15) is 34.0 Å². The molecule has 3 aliphatic rings. The molecule has 4 heteroatoms. The average molecular weight is 606 g/mol. The predicted molar refractivity (Wildman–Crippen MR) is 193 cm³/mol. The van der Waals surface area contributed by atoms with Crippen LogP contribution in [0.15, 0.2) is 178 Å². The van der Waals surface area contributed by atoms with E-state index >= 15 is 0 Å². The number of benzene rings is 5. The van der Waals surface area contributed by atoms with Crippen LogP contribution in [0.5, 0.6) is 0 Å². The lowest BCUT2D eigenvalue weighted by atomic mass is 9.71. The maximum Gasteiger partial charge on any atom is 0.160 e. The number of allylic oxidation sites excluding steroid dienone is 8. The number of hydrogen-bond acceptors (Lipinski definition) is 4. The Balaban J connectivity index is 1.16. The Bertz CT molecular complexity index is 2320. The highest BCUT2D eigenvalue weighted by Crippen LogP contribution is 2.45. The second-order valence-electron chi connectivity index (χ2n) is 12.2. The summed E-state index contributed by atoms with van der Waals surface area (Å²) in [7, 11) is 0. The van der Waals surface area contributed by atoms with Gasteiger partial charge in [0.15, 0.2) is 5.84 Å². The summed E-state index contributed by atoms with van der Waals surface area (Å²) in [5.74, 6) is 2.02. The van der Waals surface area contributed by atoms with E-state index in [1.807, 2.05) is 48.5 Å². The van der Waals surface area contributed by atoms with Crippen LogP contribution in [0.4, 0.5) is 0 Å². The van der Waals surface area contributed by atoms with Crippen LogP contribution < -0.4 is 5.32 Å². The van der Waals surface area contributed by atoms with Crippen molar-refractivity contribution in [3.05, 3.63) is 192 Å². The number of furan rings is 1. The van der Waals surface area contributed by atoms with E-state index in [1.54, 1.807) is 0 Å². The van der Waals surface area contributed by atoms with E-state index in [9.17, 15) is 0 Å². The Morgan fingerprint density at radius 3 is 1.96 bits per heavy atom. The van der Waals surface area contributed by atoms with Crippen molar-refractivity contribution in [1.82, 2.24) is 5.32 Å². The summed E-state index contributed by atoms with van der Waals surface area (Å²) in [6.07, 6.45) is 13.3. The van der Waals surface area contributed by atoms with Gasteiger partial charge in [-0.1, -0.05) is 146 Å². The van der Waals surface area contributed by atoms with Crippen LogP contribution in [-0.2, 0) is 0 Å². The van der Waals surface area contributed by atoms with Crippen molar-refractivity contribution in [3.63, 3.8) is 0 Å². The molecule has 47 heavy (non-hydrogen) atoms. The van der Waals surface area contributed by atoms with Crippen LogP contribution >= 0.6 is 0 Å². The fraction of sp³-hybridized carbons (Fsp3) is 0.0698. The number of rotatable bonds is 5. The van der Waals surface area contributed by atoms with E-state index in [2.05, 4.69) is 121 Å². The summed E-state index contributed by atoms with van der Waals surface area (Å²) in [5, 5.41) is 5.65. The summed E-state index contributed by atoms with van der Waals surface area (Å²) in [6, 6.07) is 44.1. The molecule has 0 radical (unpaired) electrons. The number of aliphatic imine (C=N–C) groups is 2. The van der Waals surface area contributed by atoms with E-state index in [-0.39, 0.29) is 18.0 Å². The third kappa shape index (κ3) is 4.86. The van der Waals surface area contributed by atoms with Crippen LogP contribution in [0, 0.1) is 11.8 Å². The summed E-state index contributed by atoms with van der Waals surface area (Å²) < 4.78 is 6.57. The third-order valence-electron chi connectivity index (χ3n) is 9.38. The van der Waals surface area contributed by atoms with Crippen LogP contribution in [0.3, 0.4) is 0 Å². The molecule has 3 atom stereocenters. The van der Waals surface area contributed by atoms with Crippen molar-refractivity contribution in [2.45, 2.75) is 6.17 Å². The molecule has 4 nitrogen and oxygen atoms in total. The van der Waals surface area contributed by atoms with Gasteiger partial charge in [-0.25, -0.2) is 9.98 Å².